The number of ketones is 1. The quantitative estimate of drug-likeness (QED) is 0.546. The van der Waals surface area contributed by atoms with Crippen molar-refractivity contribution >= 4 is 11.8 Å². The second kappa shape index (κ2) is 8.82. The lowest BCUT2D eigenvalue weighted by Crippen LogP contribution is -2.42. The highest BCUT2D eigenvalue weighted by molar-refractivity contribution is 5.93. The van der Waals surface area contributed by atoms with Crippen molar-refractivity contribution in [1.29, 1.82) is 0 Å². The average molecular weight is 227 g/mol. The Morgan fingerprint density at radius 3 is 2.44 bits per heavy atom. The van der Waals surface area contributed by atoms with Crippen LogP contribution in [0.1, 0.15) is 0 Å². The molecule has 0 aromatic carbocycles. The van der Waals surface area contributed by atoms with Gasteiger partial charge in [0, 0.05) is 19.2 Å². The summed E-state index contributed by atoms with van der Waals surface area (Å²) in [5, 5.41) is 3.06. The summed E-state index contributed by atoms with van der Waals surface area (Å²) in [6, 6.07) is 0. The minimum absolute atomic E-state index is 0.0350. The van der Waals surface area contributed by atoms with Gasteiger partial charge >= 0.3 is 5.97 Å². The van der Waals surface area contributed by atoms with Gasteiger partial charge in [0.15, 0.2) is 5.78 Å². The summed E-state index contributed by atoms with van der Waals surface area (Å²) in [4.78, 5) is 20.7. The largest absolute Gasteiger partial charge is 0.466 e. The Labute approximate surface area is 95.1 Å². The Kier molecular flexibility index (Phi) is 8.01. The Balaban J connectivity index is 0.000000325. The minimum atomic E-state index is -0.394. The number of esters is 1. The Bertz CT molecular complexity index is 257. The fourth-order valence-electron chi connectivity index (χ4n) is 0.963. The molecule has 0 amide bonds. The number of rotatable bonds is 3. The van der Waals surface area contributed by atoms with Gasteiger partial charge in [0.25, 0.3) is 0 Å². The van der Waals surface area contributed by atoms with Crippen LogP contribution in [0.4, 0.5) is 0 Å². The topological polar surface area (TPSA) is 64.6 Å². The van der Waals surface area contributed by atoms with E-state index in [4.69, 9.17) is 4.74 Å². The molecule has 5 heteroatoms. The molecule has 1 rings (SSSR count). The van der Waals surface area contributed by atoms with Crippen molar-refractivity contribution in [3.63, 3.8) is 0 Å². The van der Waals surface area contributed by atoms with Crippen LogP contribution < -0.4 is 5.32 Å². The molecule has 1 heterocycles. The molecule has 1 unspecified atom stereocenters. The molecule has 16 heavy (non-hydrogen) atoms. The number of carbonyl (C=O) groups is 2. The third-order valence-corrected chi connectivity index (χ3v) is 1.81. The zero-order valence-electron chi connectivity index (χ0n) is 9.40. The molecule has 1 saturated heterocycles. The monoisotopic (exact) mass is 227 g/mol. The van der Waals surface area contributed by atoms with Gasteiger partial charge in [-0.3, -0.25) is 4.79 Å². The molecule has 0 spiro atoms. The summed E-state index contributed by atoms with van der Waals surface area (Å²) in [6.45, 7) is 8.60. The van der Waals surface area contributed by atoms with Gasteiger partial charge in [-0.2, -0.15) is 0 Å². The van der Waals surface area contributed by atoms with Crippen molar-refractivity contribution in [2.45, 2.75) is 6.10 Å². The highest BCUT2D eigenvalue weighted by Gasteiger charge is 2.18. The molecule has 1 aliphatic rings. The van der Waals surface area contributed by atoms with Gasteiger partial charge < -0.3 is 14.8 Å². The van der Waals surface area contributed by atoms with Gasteiger partial charge in [-0.05, 0) is 6.08 Å². The summed E-state index contributed by atoms with van der Waals surface area (Å²) < 4.78 is 9.29. The van der Waals surface area contributed by atoms with E-state index in [1.165, 1.54) is 13.2 Å². The molecular weight excluding hydrogens is 210 g/mol. The van der Waals surface area contributed by atoms with Gasteiger partial charge in [-0.1, -0.05) is 13.2 Å². The van der Waals surface area contributed by atoms with E-state index in [0.717, 1.165) is 12.6 Å². The molecule has 5 nitrogen and oxygen atoms in total. The third kappa shape index (κ3) is 6.10. The molecular formula is C11H17NO4. The summed E-state index contributed by atoms with van der Waals surface area (Å²) in [5.74, 6) is -0.429. The predicted octanol–water partition coefficient (Wildman–Crippen LogP) is 0.0753. The molecule has 1 atom stereocenters. The van der Waals surface area contributed by atoms with Crippen LogP contribution in [-0.4, -0.2) is 44.7 Å². The fourth-order valence-corrected chi connectivity index (χ4v) is 0.963. The molecule has 0 saturated carbocycles. The van der Waals surface area contributed by atoms with Crippen molar-refractivity contribution in [1.82, 2.24) is 5.32 Å². The Morgan fingerprint density at radius 1 is 1.44 bits per heavy atom. The van der Waals surface area contributed by atoms with Gasteiger partial charge in [0.05, 0.1) is 13.7 Å². The highest BCUT2D eigenvalue weighted by Crippen LogP contribution is 1.97. The van der Waals surface area contributed by atoms with Crippen molar-refractivity contribution in [2.24, 2.45) is 0 Å². The Hall–Kier alpha value is -1.46. The van der Waals surface area contributed by atoms with Crippen molar-refractivity contribution in [2.75, 3.05) is 26.8 Å². The van der Waals surface area contributed by atoms with E-state index in [0.29, 0.717) is 13.2 Å². The summed E-state index contributed by atoms with van der Waals surface area (Å²) >= 11 is 0. The van der Waals surface area contributed by atoms with E-state index in [-0.39, 0.29) is 11.9 Å². The lowest BCUT2D eigenvalue weighted by Gasteiger charge is -2.20. The normalized spacial score (nSPS) is 18.7. The predicted molar refractivity (Wildman–Crippen MR) is 60.0 cm³/mol. The Morgan fingerprint density at radius 2 is 2.12 bits per heavy atom. The molecule has 1 aliphatic heterocycles. The number of methoxy groups -OCH3 is 1. The van der Waals surface area contributed by atoms with Gasteiger partial charge in [-0.25, -0.2) is 4.79 Å². The fraction of sp³-hybridized carbons (Fsp3) is 0.455. The van der Waals surface area contributed by atoms with Gasteiger partial charge in [0.1, 0.15) is 6.10 Å². The van der Waals surface area contributed by atoms with Crippen LogP contribution in [0.2, 0.25) is 0 Å². The first-order chi connectivity index (χ1) is 7.65. The zero-order valence-corrected chi connectivity index (χ0v) is 9.40. The first kappa shape index (κ1) is 14.5. The number of nitrogens with one attached hydrogen (secondary N) is 1. The maximum Gasteiger partial charge on any atom is 0.329 e. The second-order valence-corrected chi connectivity index (χ2v) is 2.90. The first-order valence-electron chi connectivity index (χ1n) is 4.84. The molecule has 0 bridgehead atoms. The SMILES string of the molecule is C=CC(=O)C1CNCCO1.C=CC(=O)OC. The summed E-state index contributed by atoms with van der Waals surface area (Å²) in [5.41, 5.74) is 0. The van der Waals surface area contributed by atoms with E-state index in [1.54, 1.807) is 0 Å². The van der Waals surface area contributed by atoms with E-state index >= 15 is 0 Å². The van der Waals surface area contributed by atoms with E-state index in [1.807, 2.05) is 0 Å². The summed E-state index contributed by atoms with van der Waals surface area (Å²) in [7, 11) is 1.31. The number of carbonyl (C=O) groups excluding carboxylic acids is 2. The second-order valence-electron chi connectivity index (χ2n) is 2.90. The molecule has 90 valence electrons. The third-order valence-electron chi connectivity index (χ3n) is 1.81. The van der Waals surface area contributed by atoms with Crippen LogP contribution in [0, 0.1) is 0 Å². The van der Waals surface area contributed by atoms with E-state index in [2.05, 4.69) is 23.2 Å². The molecule has 0 aromatic heterocycles. The number of morpholine rings is 1. The van der Waals surface area contributed by atoms with Crippen LogP contribution in [-0.2, 0) is 19.1 Å². The maximum atomic E-state index is 10.9. The van der Waals surface area contributed by atoms with Crippen LogP contribution in [0.5, 0.6) is 0 Å². The number of hydrogen-bond acceptors (Lipinski definition) is 5. The van der Waals surface area contributed by atoms with Crippen molar-refractivity contribution in [3.8, 4) is 0 Å². The lowest BCUT2D eigenvalue weighted by atomic mass is 10.2. The van der Waals surface area contributed by atoms with Crippen LogP contribution in [0.3, 0.4) is 0 Å². The van der Waals surface area contributed by atoms with Crippen LogP contribution in [0.25, 0.3) is 0 Å². The molecule has 1 fully saturated rings. The molecule has 1 N–H and O–H groups in total. The smallest absolute Gasteiger partial charge is 0.329 e. The van der Waals surface area contributed by atoms with Crippen LogP contribution >= 0.6 is 0 Å². The molecule has 0 aromatic rings. The first-order valence-corrected chi connectivity index (χ1v) is 4.84. The highest BCUT2D eigenvalue weighted by atomic mass is 16.5. The van der Waals surface area contributed by atoms with E-state index < -0.39 is 5.97 Å². The summed E-state index contributed by atoms with van der Waals surface area (Å²) in [6.07, 6.45) is 2.11. The van der Waals surface area contributed by atoms with Gasteiger partial charge in [-0.15, -0.1) is 0 Å². The molecule has 0 aliphatic carbocycles. The molecule has 0 radical (unpaired) electrons. The average Bonchev–Trinajstić information content (AvgIpc) is 2.38. The lowest BCUT2D eigenvalue weighted by molar-refractivity contribution is -0.134. The van der Waals surface area contributed by atoms with Crippen molar-refractivity contribution in [3.05, 3.63) is 25.3 Å². The number of ether oxygens (including phenoxy) is 2. The minimum Gasteiger partial charge on any atom is -0.466 e. The number of hydrogen-bond donors (Lipinski definition) is 1. The van der Waals surface area contributed by atoms with Crippen molar-refractivity contribution < 1.29 is 19.1 Å². The zero-order chi connectivity index (χ0) is 12.4. The standard InChI is InChI=1S/C7H11NO2.C4H6O2/c1-2-6(9)7-5-8-3-4-10-7;1-3-4(5)6-2/h2,7-8H,1,3-5H2;3H,1H2,2H3. The van der Waals surface area contributed by atoms with E-state index in [9.17, 15) is 9.59 Å². The maximum absolute atomic E-state index is 10.9. The van der Waals surface area contributed by atoms with Crippen LogP contribution in [0.15, 0.2) is 25.3 Å². The van der Waals surface area contributed by atoms with Gasteiger partial charge in [0.2, 0.25) is 0 Å².